The van der Waals surface area contributed by atoms with Crippen LogP contribution >= 0.6 is 13.6 Å². The van der Waals surface area contributed by atoms with Crippen molar-refractivity contribution in [1.82, 2.24) is 0 Å². The molecular formula is C19H37BrO2Zn. The van der Waals surface area contributed by atoms with Crippen LogP contribution in [0.1, 0.15) is 103 Å². The van der Waals surface area contributed by atoms with Crippen LogP contribution in [-0.4, -0.2) is 12.6 Å². The van der Waals surface area contributed by atoms with Gasteiger partial charge in [0.05, 0.1) is 6.61 Å². The molecule has 0 bridgehead atoms. The Morgan fingerprint density at radius 1 is 0.739 bits per heavy atom. The normalized spacial score (nSPS) is 10.1. The van der Waals surface area contributed by atoms with Gasteiger partial charge in [-0.1, -0.05) is 83.5 Å². The molecule has 23 heavy (non-hydrogen) atoms. The second kappa shape index (κ2) is 24.8. The summed E-state index contributed by atoms with van der Waals surface area (Å²) in [6.45, 7) is 5.95. The summed E-state index contributed by atoms with van der Waals surface area (Å²) < 4.78 is 4.91. The van der Waals surface area contributed by atoms with Gasteiger partial charge >= 0.3 is 35.9 Å². The summed E-state index contributed by atoms with van der Waals surface area (Å²) in [6.07, 6.45) is 19.9. The Kier molecular flexibility index (Phi) is 27.9. The third kappa shape index (κ3) is 27.7. The van der Waals surface area contributed by atoms with Gasteiger partial charge in [0.2, 0.25) is 0 Å². The van der Waals surface area contributed by atoms with Crippen LogP contribution in [0.3, 0.4) is 0 Å². The van der Waals surface area contributed by atoms with Crippen LogP contribution in [0.25, 0.3) is 0 Å². The summed E-state index contributed by atoms with van der Waals surface area (Å²) in [5.74, 6) is -0.155. The molecule has 0 aromatic rings. The molecule has 0 aliphatic carbocycles. The summed E-state index contributed by atoms with van der Waals surface area (Å²) in [7, 11) is 0. The van der Waals surface area contributed by atoms with Crippen molar-refractivity contribution in [2.75, 3.05) is 6.61 Å². The number of hydrogen-bond acceptors (Lipinski definition) is 2. The van der Waals surface area contributed by atoms with Gasteiger partial charge in [-0.15, -0.1) is 0 Å². The molecule has 4 heteroatoms. The number of carbonyl (C=O) groups is 1. The Balaban J connectivity index is 0. The molecule has 0 atom stereocenters. The average molecular weight is 443 g/mol. The maximum absolute atomic E-state index is 10.6. The Labute approximate surface area is 161 Å². The van der Waals surface area contributed by atoms with Gasteiger partial charge in [0.1, 0.15) is 0 Å². The second-order valence-corrected chi connectivity index (χ2v) is 6.14. The zero-order chi connectivity index (χ0) is 17.6. The molecule has 0 fully saturated rings. The molecule has 0 aliphatic heterocycles. The SMILES string of the molecule is [CH2-]CCCCCCCCCCCCCCCCOC(C)=O.[Zn+][Br]. The minimum absolute atomic E-state index is 0.155. The van der Waals surface area contributed by atoms with E-state index in [0.29, 0.717) is 6.61 Å². The molecule has 0 spiro atoms. The van der Waals surface area contributed by atoms with Gasteiger partial charge in [0.15, 0.2) is 0 Å². The van der Waals surface area contributed by atoms with Crippen LogP contribution in [0.4, 0.5) is 0 Å². The van der Waals surface area contributed by atoms with E-state index in [9.17, 15) is 4.79 Å². The van der Waals surface area contributed by atoms with Gasteiger partial charge in [0, 0.05) is 6.92 Å². The number of ether oxygens (including phenoxy) is 1. The van der Waals surface area contributed by atoms with Crippen molar-refractivity contribution in [2.24, 2.45) is 0 Å². The molecule has 0 aliphatic rings. The fourth-order valence-electron chi connectivity index (χ4n) is 2.62. The number of halogens is 1. The number of hydrogen-bond donors (Lipinski definition) is 0. The average Bonchev–Trinajstić information content (AvgIpc) is 2.56. The van der Waals surface area contributed by atoms with Crippen LogP contribution in [0.2, 0.25) is 0 Å². The van der Waals surface area contributed by atoms with Crippen molar-refractivity contribution < 1.29 is 25.9 Å². The third-order valence-electron chi connectivity index (χ3n) is 3.95. The van der Waals surface area contributed by atoms with Gasteiger partial charge in [-0.3, -0.25) is 4.79 Å². The number of carbonyl (C=O) groups excluding carboxylic acids is 1. The summed E-state index contributed by atoms with van der Waals surface area (Å²) in [5, 5.41) is 0. The molecule has 0 unspecified atom stereocenters. The second-order valence-electron chi connectivity index (χ2n) is 6.14. The van der Waals surface area contributed by atoms with Gasteiger partial charge < -0.3 is 11.7 Å². The van der Waals surface area contributed by atoms with Crippen molar-refractivity contribution in [2.45, 2.75) is 103 Å². The first-order valence-corrected chi connectivity index (χ1v) is 16.4. The van der Waals surface area contributed by atoms with Gasteiger partial charge in [-0.2, -0.15) is 6.42 Å². The first-order valence-electron chi connectivity index (χ1n) is 9.46. The molecule has 0 heterocycles. The van der Waals surface area contributed by atoms with Gasteiger partial charge in [0.25, 0.3) is 0 Å². The molecule has 0 saturated carbocycles. The van der Waals surface area contributed by atoms with E-state index < -0.39 is 0 Å². The summed E-state index contributed by atoms with van der Waals surface area (Å²) >= 11 is 4.25. The van der Waals surface area contributed by atoms with Crippen LogP contribution < -0.4 is 0 Å². The monoisotopic (exact) mass is 440 g/mol. The van der Waals surface area contributed by atoms with E-state index in [-0.39, 0.29) is 5.97 Å². The molecule has 0 aromatic carbocycles. The van der Waals surface area contributed by atoms with E-state index in [1.54, 1.807) is 0 Å². The quantitative estimate of drug-likeness (QED) is 0.110. The predicted molar refractivity (Wildman–Crippen MR) is 100 cm³/mol. The molecule has 0 aromatic heterocycles. The van der Waals surface area contributed by atoms with E-state index in [1.165, 1.54) is 107 Å². The summed E-state index contributed by atoms with van der Waals surface area (Å²) in [5.41, 5.74) is 0. The Hall–Kier alpha value is 0.573. The third-order valence-corrected chi connectivity index (χ3v) is 3.95. The fraction of sp³-hybridized carbons (Fsp3) is 0.895. The Morgan fingerprint density at radius 3 is 1.35 bits per heavy atom. The summed E-state index contributed by atoms with van der Waals surface area (Å²) in [6, 6.07) is 0. The molecule has 134 valence electrons. The van der Waals surface area contributed by atoms with Crippen LogP contribution in [0.5, 0.6) is 0 Å². The van der Waals surface area contributed by atoms with Crippen LogP contribution in [0, 0.1) is 6.92 Å². The van der Waals surface area contributed by atoms with Crippen LogP contribution in [0.15, 0.2) is 0 Å². The first kappa shape index (κ1) is 25.8. The first-order chi connectivity index (χ1) is 11.3. The molecule has 0 radical (unpaired) electrons. The molecule has 2 nitrogen and oxygen atoms in total. The predicted octanol–water partition coefficient (Wildman–Crippen LogP) is 7.08. The van der Waals surface area contributed by atoms with Crippen molar-refractivity contribution in [3.8, 4) is 0 Å². The zero-order valence-electron chi connectivity index (χ0n) is 15.4. The molecule has 0 amide bonds. The molecule has 0 N–H and O–H groups in total. The summed E-state index contributed by atoms with van der Waals surface area (Å²) in [4.78, 5) is 10.6. The van der Waals surface area contributed by atoms with Gasteiger partial charge in [-0.25, -0.2) is 0 Å². The standard InChI is InChI=1S/C19H37O2.BrH.Zn/c1-3-4-5-6-7-8-9-10-11-12-13-14-15-16-17-18-21-19(2)20;;/h1,3-18H2,2H3;1H;/q-1;;+2/p-1. The van der Waals surface area contributed by atoms with E-state index in [0.717, 1.165) is 12.8 Å². The van der Waals surface area contributed by atoms with E-state index in [2.05, 4.69) is 20.5 Å². The van der Waals surface area contributed by atoms with Gasteiger partial charge in [-0.05, 0) is 6.42 Å². The Morgan fingerprint density at radius 2 is 1.04 bits per heavy atom. The Bertz CT molecular complexity index is 225. The van der Waals surface area contributed by atoms with Crippen molar-refractivity contribution in [3.63, 3.8) is 0 Å². The van der Waals surface area contributed by atoms with Crippen LogP contribution in [-0.2, 0) is 25.9 Å². The molecule has 0 saturated heterocycles. The van der Waals surface area contributed by atoms with Crippen molar-refractivity contribution >= 4 is 19.6 Å². The van der Waals surface area contributed by atoms with E-state index in [1.807, 2.05) is 0 Å². The van der Waals surface area contributed by atoms with Crippen molar-refractivity contribution in [1.29, 1.82) is 0 Å². The van der Waals surface area contributed by atoms with E-state index in [4.69, 9.17) is 4.74 Å². The molecule has 0 rings (SSSR count). The topological polar surface area (TPSA) is 26.3 Å². The number of unbranched alkanes of at least 4 members (excludes halogenated alkanes) is 14. The minimum atomic E-state index is -0.155. The van der Waals surface area contributed by atoms with E-state index >= 15 is 0 Å². The maximum atomic E-state index is 10.6. The fourth-order valence-corrected chi connectivity index (χ4v) is 2.62. The van der Waals surface area contributed by atoms with Crippen molar-refractivity contribution in [3.05, 3.63) is 6.92 Å². The number of esters is 1. The molecular weight excluding hydrogens is 406 g/mol. The number of rotatable bonds is 16. The zero-order valence-corrected chi connectivity index (χ0v) is 20.0.